The minimum Gasteiger partial charge on any atom is -0.469 e. The summed E-state index contributed by atoms with van der Waals surface area (Å²) in [6.45, 7) is 4.01. The van der Waals surface area contributed by atoms with Crippen LogP contribution in [-0.2, 0) is 20.9 Å². The summed E-state index contributed by atoms with van der Waals surface area (Å²) >= 11 is 1.56. The molecule has 0 bridgehead atoms. The minimum atomic E-state index is -0.745. The summed E-state index contributed by atoms with van der Waals surface area (Å²) in [6.07, 6.45) is 0.642. The number of benzene rings is 1. The maximum Gasteiger partial charge on any atom is 0.281 e. The van der Waals surface area contributed by atoms with Gasteiger partial charge in [0.2, 0.25) is 19.6 Å². The lowest BCUT2D eigenvalue weighted by molar-refractivity contribution is -0.126. The monoisotopic (exact) mass is 487 g/mol. The van der Waals surface area contributed by atoms with Crippen LogP contribution in [0, 0.1) is 5.92 Å². The number of ether oxygens (including phenoxy) is 1. The smallest absolute Gasteiger partial charge is 0.281 e. The third-order valence-corrected chi connectivity index (χ3v) is 3.94. The summed E-state index contributed by atoms with van der Waals surface area (Å²) in [5, 5.41) is 8.25. The Balaban J connectivity index is 2.57. The first kappa shape index (κ1) is 22.9. The van der Waals surface area contributed by atoms with Crippen molar-refractivity contribution in [3.63, 3.8) is 0 Å². The third kappa shape index (κ3) is 8.89. The van der Waals surface area contributed by atoms with Crippen molar-refractivity contribution >= 4 is 58.1 Å². The molecule has 0 radical (unpaired) electrons. The molecule has 0 fully saturated rings. The first-order valence-electron chi connectivity index (χ1n) is 8.40. The fourth-order valence-electron chi connectivity index (χ4n) is 2.19. The number of hydrogen-bond acceptors (Lipinski definition) is 6. The lowest BCUT2D eigenvalue weighted by Crippen LogP contribution is -2.52. The molecule has 3 N–H and O–H groups in total. The average Bonchev–Trinajstić information content (AvgIpc) is 2.61. The summed E-state index contributed by atoms with van der Waals surface area (Å²) in [4.78, 5) is 45.6. The summed E-state index contributed by atoms with van der Waals surface area (Å²) in [5.41, 5.74) is 1.59. The molecule has 2 amide bonds. The van der Waals surface area contributed by atoms with Crippen LogP contribution in [-0.4, -0.2) is 48.5 Å². The summed E-state index contributed by atoms with van der Waals surface area (Å²) in [5.74, 6) is -0.875. The van der Waals surface area contributed by atoms with Gasteiger partial charge in [-0.2, -0.15) is 0 Å². The molecule has 10 heteroatoms. The van der Waals surface area contributed by atoms with Crippen LogP contribution in [0.5, 0.6) is 0 Å². The van der Waals surface area contributed by atoms with Crippen LogP contribution in [0.25, 0.3) is 0 Å². The Bertz CT molecular complexity index is 669. The third-order valence-electron chi connectivity index (χ3n) is 3.63. The van der Waals surface area contributed by atoms with Crippen LogP contribution in [0.2, 0.25) is 0 Å². The Kier molecular flexibility index (Phi) is 9.83. The second-order valence-corrected chi connectivity index (χ2v) is 7.23. The van der Waals surface area contributed by atoms with Gasteiger partial charge in [0, 0.05) is 34.8 Å². The highest BCUT2D eigenvalue weighted by molar-refractivity contribution is 14.1. The van der Waals surface area contributed by atoms with Crippen molar-refractivity contribution in [1.29, 1.82) is 0 Å². The summed E-state index contributed by atoms with van der Waals surface area (Å²) in [7, 11) is 1.35. The number of rotatable bonds is 10. The molecule has 0 spiro atoms. The van der Waals surface area contributed by atoms with Gasteiger partial charge in [0.1, 0.15) is 25.0 Å². The van der Waals surface area contributed by atoms with Crippen molar-refractivity contribution in [2.75, 3.05) is 11.9 Å². The van der Waals surface area contributed by atoms with Gasteiger partial charge in [-0.25, -0.2) is 0 Å². The van der Waals surface area contributed by atoms with Crippen LogP contribution in [0.4, 0.5) is 15.3 Å². The molecular weight excluding hydrogens is 464 g/mol. The number of hydrogen-bond donors (Lipinski definition) is 3. The van der Waals surface area contributed by atoms with Crippen molar-refractivity contribution in [1.82, 2.24) is 10.6 Å². The molecule has 0 aliphatic heterocycles. The summed E-state index contributed by atoms with van der Waals surface area (Å²) < 4.78 is 4.58. The molecule has 1 unspecified atom stereocenters. The number of anilines is 1. The van der Waals surface area contributed by atoms with E-state index in [1.54, 1.807) is 46.9 Å². The predicted molar refractivity (Wildman–Crippen MR) is 113 cm³/mol. The van der Waals surface area contributed by atoms with E-state index in [0.29, 0.717) is 6.29 Å². The molecule has 0 saturated heterocycles. The number of halogens is 1. The quantitative estimate of drug-likeness (QED) is 0.151. The Morgan fingerprint density at radius 1 is 1.19 bits per heavy atom. The van der Waals surface area contributed by atoms with E-state index >= 15 is 0 Å². The zero-order chi connectivity index (χ0) is 20.4. The Morgan fingerprint density at radius 2 is 1.81 bits per heavy atom. The second kappa shape index (κ2) is 11.6. The van der Waals surface area contributed by atoms with E-state index in [-0.39, 0.29) is 28.9 Å². The van der Waals surface area contributed by atoms with Crippen LogP contribution < -0.4 is 16.0 Å². The minimum absolute atomic E-state index is 0.117. The van der Waals surface area contributed by atoms with Gasteiger partial charge in [0.05, 0.1) is 0 Å². The average molecular weight is 487 g/mol. The topological polar surface area (TPSA) is 114 Å². The molecule has 1 rings (SSSR count). The Labute approximate surface area is 172 Å². The van der Waals surface area contributed by atoms with E-state index in [9.17, 15) is 19.2 Å². The van der Waals surface area contributed by atoms with Gasteiger partial charge in [-0.1, -0.05) is 26.0 Å². The molecule has 1 aromatic carbocycles. The van der Waals surface area contributed by atoms with Crippen molar-refractivity contribution < 1.29 is 23.9 Å². The lowest BCUT2D eigenvalue weighted by atomic mass is 10.0. The highest BCUT2D eigenvalue weighted by atomic mass is 127. The second-order valence-electron chi connectivity index (χ2n) is 6.25. The van der Waals surface area contributed by atoms with Gasteiger partial charge >= 0.3 is 0 Å². The van der Waals surface area contributed by atoms with E-state index in [1.807, 2.05) is 13.8 Å². The van der Waals surface area contributed by atoms with Crippen LogP contribution in [0.3, 0.4) is 0 Å². The number of amides is 2. The lowest BCUT2D eigenvalue weighted by Gasteiger charge is -2.23. The van der Waals surface area contributed by atoms with E-state index in [2.05, 4.69) is 16.0 Å². The largest absolute Gasteiger partial charge is 0.469 e. The molecular formula is C17H23BIN3O5. The van der Waals surface area contributed by atoms with Gasteiger partial charge in [0.25, 0.3) is 3.91 Å². The number of aldehydes is 1. The fraction of sp³-hybridized carbons (Fsp3) is 0.412. The molecule has 1 aromatic rings. The van der Waals surface area contributed by atoms with Crippen molar-refractivity contribution in [3.8, 4) is 0 Å². The zero-order valence-electron chi connectivity index (χ0n) is 15.5. The first-order valence-corrected chi connectivity index (χ1v) is 9.48. The standard InChI is InChI=1S/C17H23BIN3O5/c1-10(2)14(22-17(19)26)15(24)21-13(8-23)7-20-12-5-3-11(4-6-12)9-27-16(18)25/h3-6,8,10,13-14,20H,7,9,18H2,1-2H3,(H,21,24)(H,22,26)/t13?,14-/m0/s1. The highest BCUT2D eigenvalue weighted by Gasteiger charge is 2.25. The van der Waals surface area contributed by atoms with Crippen molar-refractivity contribution in [2.24, 2.45) is 5.92 Å². The molecule has 8 nitrogen and oxygen atoms in total. The molecule has 0 saturated carbocycles. The van der Waals surface area contributed by atoms with Gasteiger partial charge in [-0.15, -0.1) is 0 Å². The van der Waals surface area contributed by atoms with Gasteiger partial charge in [-0.3, -0.25) is 14.4 Å². The molecule has 0 heterocycles. The van der Waals surface area contributed by atoms with Crippen molar-refractivity contribution in [2.45, 2.75) is 32.5 Å². The molecule has 2 atom stereocenters. The maximum atomic E-state index is 12.3. The van der Waals surface area contributed by atoms with Crippen molar-refractivity contribution in [3.05, 3.63) is 29.8 Å². The SMILES string of the molecule is BC(=O)OCc1ccc(NCC(C=O)NC(=O)[C@@H](NC(=O)I)C(C)C)cc1. The van der Waals surface area contributed by atoms with Crippen LogP contribution >= 0.6 is 22.6 Å². The van der Waals surface area contributed by atoms with Gasteiger partial charge < -0.3 is 25.5 Å². The van der Waals surface area contributed by atoms with E-state index in [4.69, 9.17) is 4.74 Å². The number of carbonyl (C=O) groups excluding carboxylic acids is 4. The molecule has 0 aromatic heterocycles. The van der Waals surface area contributed by atoms with E-state index in [0.717, 1.165) is 11.3 Å². The molecule has 146 valence electrons. The number of nitrogens with one attached hydrogen (secondary N) is 3. The zero-order valence-corrected chi connectivity index (χ0v) is 17.6. The highest BCUT2D eigenvalue weighted by Crippen LogP contribution is 2.11. The van der Waals surface area contributed by atoms with Gasteiger partial charge in [0.15, 0.2) is 0 Å². The van der Waals surface area contributed by atoms with Gasteiger partial charge in [-0.05, 0) is 23.6 Å². The molecule has 0 aliphatic carbocycles. The Hall–Kier alpha value is -2.11. The molecule has 27 heavy (non-hydrogen) atoms. The predicted octanol–water partition coefficient (Wildman–Crippen LogP) is 1.22. The fourth-order valence-corrected chi connectivity index (χ4v) is 2.53. The summed E-state index contributed by atoms with van der Waals surface area (Å²) in [6, 6.07) is 5.71. The molecule has 0 aliphatic rings. The number of carbonyl (C=O) groups is 4. The van der Waals surface area contributed by atoms with Crippen LogP contribution in [0.15, 0.2) is 24.3 Å². The van der Waals surface area contributed by atoms with E-state index < -0.39 is 18.0 Å². The Morgan fingerprint density at radius 3 is 2.30 bits per heavy atom. The maximum absolute atomic E-state index is 12.3. The first-order chi connectivity index (χ1) is 12.7. The normalized spacial score (nSPS) is 12.6. The van der Waals surface area contributed by atoms with Crippen LogP contribution in [0.1, 0.15) is 19.4 Å². The van der Waals surface area contributed by atoms with E-state index in [1.165, 1.54) is 7.85 Å².